The van der Waals surface area contributed by atoms with Gasteiger partial charge in [0, 0.05) is 35.9 Å². The number of carbonyl (C=O) groups excluding carboxylic acids is 1. The number of allylic oxidation sites excluding steroid dienone is 1. The van der Waals surface area contributed by atoms with Gasteiger partial charge in [-0.3, -0.25) is 9.69 Å². The minimum atomic E-state index is -1.03. The molecule has 5 heterocycles. The molecule has 8 nitrogen and oxygen atoms in total. The summed E-state index contributed by atoms with van der Waals surface area (Å²) in [6.45, 7) is 2.80. The molecule has 1 aromatic rings. The second kappa shape index (κ2) is 8.09. The number of aliphatic hydroxyl groups is 1. The van der Waals surface area contributed by atoms with Crippen molar-refractivity contribution >= 4 is 11.6 Å². The van der Waals surface area contributed by atoms with E-state index in [-0.39, 0.29) is 29.4 Å². The molecular formula is C31H35N3O5. The molecule has 5 aliphatic heterocycles. The van der Waals surface area contributed by atoms with Crippen LogP contribution in [0.15, 0.2) is 35.9 Å². The first kappa shape index (κ1) is 24.0. The Labute approximate surface area is 228 Å². The average Bonchev–Trinajstić information content (AvgIpc) is 3.69. The number of hydrogen-bond acceptors (Lipinski definition) is 7. The Morgan fingerprint density at radius 1 is 1.18 bits per heavy atom. The van der Waals surface area contributed by atoms with Crippen molar-refractivity contribution in [2.75, 3.05) is 38.8 Å². The first-order valence-electron chi connectivity index (χ1n) is 14.4. The van der Waals surface area contributed by atoms with E-state index >= 15 is 0 Å². The van der Waals surface area contributed by atoms with E-state index in [1.807, 2.05) is 18.2 Å². The van der Waals surface area contributed by atoms with Gasteiger partial charge in [0.05, 0.1) is 51.1 Å². The Balaban J connectivity index is 0.000000198. The predicted molar refractivity (Wildman–Crippen MR) is 142 cm³/mol. The smallest absolute Gasteiger partial charge is 0.229 e. The van der Waals surface area contributed by atoms with E-state index in [4.69, 9.17) is 19.5 Å². The van der Waals surface area contributed by atoms with Gasteiger partial charge in [-0.1, -0.05) is 23.8 Å². The molecular weight excluding hydrogens is 494 g/mol. The van der Waals surface area contributed by atoms with E-state index < -0.39 is 5.60 Å². The lowest BCUT2D eigenvalue weighted by Gasteiger charge is -2.58. The summed E-state index contributed by atoms with van der Waals surface area (Å²) in [5, 5.41) is 18.2. The zero-order chi connectivity index (χ0) is 26.7. The standard InChI is InChI=1S/C23H26N2O4.C8H9NO/c1-27-16-8-14-15(9-17(16)28-2)25-20(26)10-18-21-13-7-19-23(14,22(21)25)4-5-24(19)11-12(13)3-6-29-18;9-5-8(10)4-6-1-2-7(8)3-6/h3,8-9,13,18-19,21-22H,4-7,10-11H2,1-2H3;1-2,6-7,10H,3-4H2/t13-,18-,19-,21-,22-,23+;6-,7+,8-/m01/s1. The fourth-order valence-electron chi connectivity index (χ4n) is 9.83. The number of anilines is 1. The van der Waals surface area contributed by atoms with Crippen molar-refractivity contribution in [1.82, 2.24) is 4.90 Å². The Bertz CT molecular complexity index is 1370. The summed E-state index contributed by atoms with van der Waals surface area (Å²) >= 11 is 0. The summed E-state index contributed by atoms with van der Waals surface area (Å²) in [5.74, 6) is 3.15. The van der Waals surface area contributed by atoms with E-state index in [2.05, 4.69) is 28.0 Å². The molecule has 204 valence electrons. The zero-order valence-electron chi connectivity index (χ0n) is 22.5. The number of methoxy groups -OCH3 is 2. The Morgan fingerprint density at radius 3 is 2.69 bits per heavy atom. The summed E-state index contributed by atoms with van der Waals surface area (Å²) in [6, 6.07) is 6.85. The van der Waals surface area contributed by atoms with Crippen LogP contribution >= 0.6 is 0 Å². The van der Waals surface area contributed by atoms with Gasteiger partial charge in [0.1, 0.15) is 0 Å². The number of fused-ring (bicyclic) bond motifs is 4. The maximum Gasteiger partial charge on any atom is 0.229 e. The molecule has 39 heavy (non-hydrogen) atoms. The van der Waals surface area contributed by atoms with Crippen LogP contribution in [-0.4, -0.2) is 73.6 Å². The molecule has 8 heteroatoms. The third kappa shape index (κ3) is 2.96. The first-order valence-corrected chi connectivity index (χ1v) is 14.4. The van der Waals surface area contributed by atoms with Crippen molar-refractivity contribution in [3.8, 4) is 17.6 Å². The van der Waals surface area contributed by atoms with Crippen molar-refractivity contribution in [3.63, 3.8) is 0 Å². The highest BCUT2D eigenvalue weighted by Gasteiger charge is 2.71. The van der Waals surface area contributed by atoms with Gasteiger partial charge < -0.3 is 24.2 Å². The maximum atomic E-state index is 13.5. The van der Waals surface area contributed by atoms with Crippen LogP contribution in [0.2, 0.25) is 0 Å². The van der Waals surface area contributed by atoms with Crippen LogP contribution in [0, 0.1) is 35.0 Å². The van der Waals surface area contributed by atoms with Crippen LogP contribution in [0.3, 0.4) is 0 Å². The molecule has 0 aromatic heterocycles. The van der Waals surface area contributed by atoms with Gasteiger partial charge in [-0.05, 0) is 55.7 Å². The van der Waals surface area contributed by atoms with Gasteiger partial charge in [0.25, 0.3) is 0 Å². The van der Waals surface area contributed by atoms with Crippen molar-refractivity contribution < 1.29 is 24.1 Å². The lowest BCUT2D eigenvalue weighted by Crippen LogP contribution is -2.69. The normalized spacial score (nSPS) is 43.2. The number of nitrogens with zero attached hydrogens (tertiary/aromatic N) is 3. The summed E-state index contributed by atoms with van der Waals surface area (Å²) in [7, 11) is 3.36. The highest BCUT2D eigenvalue weighted by molar-refractivity contribution is 5.99. The highest BCUT2D eigenvalue weighted by Crippen LogP contribution is 2.66. The van der Waals surface area contributed by atoms with Crippen LogP contribution < -0.4 is 14.4 Å². The average molecular weight is 530 g/mol. The van der Waals surface area contributed by atoms with E-state index in [1.165, 1.54) is 12.0 Å². The molecule has 1 N–H and O–H groups in total. The molecule has 8 aliphatic rings. The van der Waals surface area contributed by atoms with Gasteiger partial charge in [0.2, 0.25) is 5.91 Å². The Hall–Kier alpha value is -2.86. The molecule has 3 aliphatic carbocycles. The number of nitriles is 1. The van der Waals surface area contributed by atoms with Crippen molar-refractivity contribution in [2.24, 2.45) is 23.7 Å². The summed E-state index contributed by atoms with van der Waals surface area (Å²) in [6.07, 6.45) is 10.8. The Morgan fingerprint density at radius 2 is 2.00 bits per heavy atom. The van der Waals surface area contributed by atoms with Gasteiger partial charge >= 0.3 is 0 Å². The first-order chi connectivity index (χ1) is 18.9. The van der Waals surface area contributed by atoms with Gasteiger partial charge in [-0.2, -0.15) is 5.26 Å². The molecule has 3 saturated heterocycles. The molecule has 9 atom stereocenters. The van der Waals surface area contributed by atoms with Crippen LogP contribution in [0.4, 0.5) is 5.69 Å². The number of benzene rings is 1. The summed E-state index contributed by atoms with van der Waals surface area (Å²) in [5.41, 5.74) is 2.82. The molecule has 5 fully saturated rings. The zero-order valence-corrected chi connectivity index (χ0v) is 22.5. The van der Waals surface area contributed by atoms with Gasteiger partial charge in [-0.25, -0.2) is 0 Å². The van der Waals surface area contributed by atoms with Crippen molar-refractivity contribution in [2.45, 2.75) is 61.3 Å². The maximum absolute atomic E-state index is 13.5. The van der Waals surface area contributed by atoms with Crippen LogP contribution in [0.25, 0.3) is 0 Å². The lowest BCUT2D eigenvalue weighted by molar-refractivity contribution is -0.132. The van der Waals surface area contributed by atoms with Crippen molar-refractivity contribution in [3.05, 3.63) is 41.5 Å². The number of rotatable bonds is 2. The van der Waals surface area contributed by atoms with Gasteiger partial charge in [0.15, 0.2) is 17.1 Å². The molecule has 1 aromatic carbocycles. The molecule has 4 bridgehead atoms. The molecule has 1 spiro atoms. The van der Waals surface area contributed by atoms with E-state index in [9.17, 15) is 9.90 Å². The van der Waals surface area contributed by atoms with E-state index in [0.717, 1.165) is 37.4 Å². The summed E-state index contributed by atoms with van der Waals surface area (Å²) in [4.78, 5) is 18.3. The second-order valence-electron chi connectivity index (χ2n) is 12.7. The van der Waals surface area contributed by atoms with E-state index in [0.29, 0.717) is 49.0 Å². The minimum absolute atomic E-state index is 0.0242. The molecule has 2 saturated carbocycles. The Kier molecular flexibility index (Phi) is 4.98. The number of ether oxygens (including phenoxy) is 3. The molecule has 0 radical (unpaired) electrons. The topological polar surface area (TPSA) is 95.3 Å². The minimum Gasteiger partial charge on any atom is -0.493 e. The lowest BCUT2D eigenvalue weighted by atomic mass is 9.53. The van der Waals surface area contributed by atoms with Crippen LogP contribution in [-0.2, 0) is 14.9 Å². The van der Waals surface area contributed by atoms with E-state index in [1.54, 1.807) is 19.8 Å². The second-order valence-corrected chi connectivity index (χ2v) is 12.7. The fourth-order valence-corrected chi connectivity index (χ4v) is 9.83. The summed E-state index contributed by atoms with van der Waals surface area (Å²) < 4.78 is 17.6. The molecule has 1 amide bonds. The van der Waals surface area contributed by atoms with Crippen LogP contribution in [0.5, 0.6) is 11.5 Å². The third-order valence-corrected chi connectivity index (χ3v) is 11.4. The third-order valence-electron chi connectivity index (χ3n) is 11.4. The quantitative estimate of drug-likeness (QED) is 0.465. The van der Waals surface area contributed by atoms with Gasteiger partial charge in [-0.15, -0.1) is 0 Å². The van der Waals surface area contributed by atoms with Crippen LogP contribution in [0.1, 0.15) is 37.7 Å². The SMILES string of the molecule is COc1cc2c(cc1OC)[C@@]13CCN4CC5=CCO[C@H]6CC(=O)N2[C@H]1[C@H]6[C@H]5C[C@H]43.N#C[C@]1(O)C[C@@H]2C=C[C@H]1C2. The highest BCUT2D eigenvalue weighted by atomic mass is 16.5. The van der Waals surface area contributed by atoms with Crippen molar-refractivity contribution in [1.29, 1.82) is 5.26 Å². The molecule has 9 rings (SSSR count). The number of hydrogen-bond donors (Lipinski definition) is 1. The fraction of sp³-hybridized carbons (Fsp3) is 0.613. The predicted octanol–water partition coefficient (Wildman–Crippen LogP) is 2.95. The molecule has 0 unspecified atom stereocenters. The number of amides is 1. The monoisotopic (exact) mass is 529 g/mol. The number of carbonyl (C=O) groups is 1. The number of piperidine rings is 2. The largest absolute Gasteiger partial charge is 0.493 e.